The summed E-state index contributed by atoms with van der Waals surface area (Å²) < 4.78 is 0. The molecule has 5 nitrogen and oxygen atoms in total. The van der Waals surface area contributed by atoms with Gasteiger partial charge in [-0.3, -0.25) is 0 Å². The molecule has 4 aromatic rings. The smallest absolute Gasteiger partial charge is 0.225 e. The van der Waals surface area contributed by atoms with Gasteiger partial charge in [-0.05, 0) is 29.0 Å². The van der Waals surface area contributed by atoms with Crippen LogP contribution in [0.15, 0.2) is 79.1 Å². The van der Waals surface area contributed by atoms with E-state index in [1.807, 2.05) is 30.6 Å². The van der Waals surface area contributed by atoms with E-state index < -0.39 is 0 Å². The first kappa shape index (κ1) is 16.7. The standard InChI is InChI=1S/C23H21N5/c1-2-8-19-18(6-1)7-5-9-20(19)21-11-13-25-23(26-21)28-16-14-27(15-17-28)22-10-3-4-12-24-22/h1-13H,14-17H2. The largest absolute Gasteiger partial charge is 0.353 e. The molecule has 0 aliphatic carbocycles. The van der Waals surface area contributed by atoms with Crippen LogP contribution in [0, 0.1) is 0 Å². The van der Waals surface area contributed by atoms with Crippen LogP contribution in [0.1, 0.15) is 0 Å². The second-order valence-electron chi connectivity index (χ2n) is 6.93. The summed E-state index contributed by atoms with van der Waals surface area (Å²) in [5, 5.41) is 2.44. The SMILES string of the molecule is c1ccc(N2CCN(c3nccc(-c4cccc5ccccc45)n3)CC2)nc1. The highest BCUT2D eigenvalue weighted by atomic mass is 15.3. The number of nitrogens with zero attached hydrogens (tertiary/aromatic N) is 5. The van der Waals surface area contributed by atoms with Gasteiger partial charge in [0.2, 0.25) is 5.95 Å². The second-order valence-corrected chi connectivity index (χ2v) is 6.93. The molecule has 1 saturated heterocycles. The van der Waals surface area contributed by atoms with E-state index >= 15 is 0 Å². The van der Waals surface area contributed by atoms with Crippen LogP contribution in [0.2, 0.25) is 0 Å². The van der Waals surface area contributed by atoms with Crippen LogP contribution in [-0.2, 0) is 0 Å². The van der Waals surface area contributed by atoms with Gasteiger partial charge >= 0.3 is 0 Å². The lowest BCUT2D eigenvalue weighted by Gasteiger charge is -2.35. The van der Waals surface area contributed by atoms with Gasteiger partial charge in [-0.2, -0.15) is 0 Å². The van der Waals surface area contributed by atoms with Gasteiger partial charge in [-0.15, -0.1) is 0 Å². The average Bonchev–Trinajstić information content (AvgIpc) is 2.79. The predicted molar refractivity (Wildman–Crippen MR) is 114 cm³/mol. The Morgan fingerprint density at radius 1 is 0.643 bits per heavy atom. The molecule has 1 aliphatic heterocycles. The Hall–Kier alpha value is -3.47. The first-order chi connectivity index (χ1) is 13.9. The zero-order valence-corrected chi connectivity index (χ0v) is 15.6. The molecule has 0 saturated carbocycles. The fourth-order valence-electron chi connectivity index (χ4n) is 3.78. The number of pyridine rings is 1. The highest BCUT2D eigenvalue weighted by Gasteiger charge is 2.20. The molecule has 2 aromatic heterocycles. The highest BCUT2D eigenvalue weighted by Crippen LogP contribution is 2.28. The molecule has 3 heterocycles. The van der Waals surface area contributed by atoms with E-state index in [1.165, 1.54) is 10.8 Å². The molecular formula is C23H21N5. The van der Waals surface area contributed by atoms with Crippen molar-refractivity contribution in [1.29, 1.82) is 0 Å². The number of benzene rings is 2. The molecule has 0 bridgehead atoms. The Balaban J connectivity index is 1.39. The maximum absolute atomic E-state index is 4.90. The summed E-state index contributed by atoms with van der Waals surface area (Å²) in [6.45, 7) is 3.60. The molecule has 0 atom stereocenters. The number of hydrogen-bond acceptors (Lipinski definition) is 5. The second kappa shape index (κ2) is 7.27. The van der Waals surface area contributed by atoms with Gasteiger partial charge in [-0.1, -0.05) is 48.5 Å². The maximum Gasteiger partial charge on any atom is 0.225 e. The van der Waals surface area contributed by atoms with Gasteiger partial charge in [-0.25, -0.2) is 15.0 Å². The number of piperazine rings is 1. The molecule has 1 fully saturated rings. The van der Waals surface area contributed by atoms with E-state index in [-0.39, 0.29) is 0 Å². The molecule has 0 unspecified atom stereocenters. The fourth-order valence-corrected chi connectivity index (χ4v) is 3.78. The summed E-state index contributed by atoms with van der Waals surface area (Å²) in [5.41, 5.74) is 2.11. The molecule has 0 amide bonds. The molecule has 0 N–H and O–H groups in total. The average molecular weight is 367 g/mol. The number of rotatable bonds is 3. The fraction of sp³-hybridized carbons (Fsp3) is 0.174. The lowest BCUT2D eigenvalue weighted by Crippen LogP contribution is -2.47. The van der Waals surface area contributed by atoms with Crippen molar-refractivity contribution in [3.63, 3.8) is 0 Å². The van der Waals surface area contributed by atoms with E-state index in [1.54, 1.807) is 0 Å². The zero-order chi connectivity index (χ0) is 18.8. The van der Waals surface area contributed by atoms with Gasteiger partial charge in [0.1, 0.15) is 5.82 Å². The summed E-state index contributed by atoms with van der Waals surface area (Å²) >= 11 is 0. The Labute approximate surface area is 164 Å². The summed E-state index contributed by atoms with van der Waals surface area (Å²) in [4.78, 5) is 18.5. The third-order valence-corrected chi connectivity index (χ3v) is 5.24. The third-order valence-electron chi connectivity index (χ3n) is 5.24. The van der Waals surface area contributed by atoms with Gasteiger partial charge < -0.3 is 9.80 Å². The van der Waals surface area contributed by atoms with Crippen LogP contribution in [0.25, 0.3) is 22.0 Å². The Kier molecular flexibility index (Phi) is 4.33. The number of hydrogen-bond donors (Lipinski definition) is 0. The summed E-state index contributed by atoms with van der Waals surface area (Å²) in [6, 6.07) is 22.8. The summed E-state index contributed by atoms with van der Waals surface area (Å²) in [7, 11) is 0. The zero-order valence-electron chi connectivity index (χ0n) is 15.6. The van der Waals surface area contributed by atoms with Crippen molar-refractivity contribution < 1.29 is 0 Å². The Bertz CT molecular complexity index is 1080. The molecule has 2 aromatic carbocycles. The third kappa shape index (κ3) is 3.16. The predicted octanol–water partition coefficient (Wildman–Crippen LogP) is 4.02. The number of fused-ring (bicyclic) bond motifs is 1. The van der Waals surface area contributed by atoms with E-state index in [4.69, 9.17) is 4.98 Å². The molecule has 5 rings (SSSR count). The van der Waals surface area contributed by atoms with E-state index in [9.17, 15) is 0 Å². The minimum atomic E-state index is 0.797. The summed E-state index contributed by atoms with van der Waals surface area (Å²) in [6.07, 6.45) is 3.71. The van der Waals surface area contributed by atoms with Crippen LogP contribution in [-0.4, -0.2) is 41.1 Å². The van der Waals surface area contributed by atoms with Gasteiger partial charge in [0, 0.05) is 44.1 Å². The van der Waals surface area contributed by atoms with Crippen molar-refractivity contribution in [3.05, 3.63) is 79.1 Å². The Morgan fingerprint density at radius 2 is 1.43 bits per heavy atom. The van der Waals surface area contributed by atoms with Crippen LogP contribution in [0.4, 0.5) is 11.8 Å². The minimum absolute atomic E-state index is 0.797. The van der Waals surface area contributed by atoms with Crippen molar-refractivity contribution in [1.82, 2.24) is 15.0 Å². The van der Waals surface area contributed by atoms with Crippen molar-refractivity contribution in [2.45, 2.75) is 0 Å². The van der Waals surface area contributed by atoms with Gasteiger partial charge in [0.25, 0.3) is 0 Å². The Morgan fingerprint density at radius 3 is 2.29 bits per heavy atom. The van der Waals surface area contributed by atoms with E-state index in [2.05, 4.69) is 68.3 Å². The van der Waals surface area contributed by atoms with Crippen molar-refractivity contribution >= 4 is 22.5 Å². The van der Waals surface area contributed by atoms with Crippen LogP contribution in [0.3, 0.4) is 0 Å². The van der Waals surface area contributed by atoms with Crippen LogP contribution >= 0.6 is 0 Å². The van der Waals surface area contributed by atoms with Crippen LogP contribution < -0.4 is 9.80 Å². The van der Waals surface area contributed by atoms with Crippen LogP contribution in [0.5, 0.6) is 0 Å². The molecule has 1 aliphatic rings. The number of anilines is 2. The maximum atomic E-state index is 4.90. The molecule has 0 radical (unpaired) electrons. The van der Waals surface area contributed by atoms with Crippen molar-refractivity contribution in [3.8, 4) is 11.3 Å². The van der Waals surface area contributed by atoms with Gasteiger partial charge in [0.05, 0.1) is 5.69 Å². The summed E-state index contributed by atoms with van der Waals surface area (Å²) in [5.74, 6) is 1.83. The van der Waals surface area contributed by atoms with E-state index in [0.29, 0.717) is 0 Å². The van der Waals surface area contributed by atoms with E-state index in [0.717, 1.165) is 49.2 Å². The first-order valence-electron chi connectivity index (χ1n) is 9.61. The molecule has 28 heavy (non-hydrogen) atoms. The molecular weight excluding hydrogens is 346 g/mol. The monoisotopic (exact) mass is 367 g/mol. The van der Waals surface area contributed by atoms with Gasteiger partial charge in [0.15, 0.2) is 0 Å². The normalized spacial score (nSPS) is 14.4. The quantitative estimate of drug-likeness (QED) is 0.547. The minimum Gasteiger partial charge on any atom is -0.353 e. The molecule has 0 spiro atoms. The van der Waals surface area contributed by atoms with Crippen molar-refractivity contribution in [2.24, 2.45) is 0 Å². The lowest BCUT2D eigenvalue weighted by atomic mass is 10.0. The molecule has 138 valence electrons. The number of aromatic nitrogens is 3. The molecule has 5 heteroatoms. The highest BCUT2D eigenvalue weighted by molar-refractivity contribution is 5.95. The van der Waals surface area contributed by atoms with Crippen molar-refractivity contribution in [2.75, 3.05) is 36.0 Å². The lowest BCUT2D eigenvalue weighted by molar-refractivity contribution is 0.635. The first-order valence-corrected chi connectivity index (χ1v) is 9.61. The topological polar surface area (TPSA) is 45.2 Å².